The van der Waals surface area contributed by atoms with E-state index in [1.54, 1.807) is 4.90 Å². The average Bonchev–Trinajstić information content (AvgIpc) is 2.83. The number of aryl methyl sites for hydroxylation is 1. The number of hydrogen-bond acceptors (Lipinski definition) is 1. The van der Waals surface area contributed by atoms with E-state index in [-0.39, 0.29) is 5.91 Å². The van der Waals surface area contributed by atoms with Gasteiger partial charge in [-0.25, -0.2) is 0 Å². The summed E-state index contributed by atoms with van der Waals surface area (Å²) in [6.45, 7) is 9.15. The molecule has 1 fully saturated rings. The van der Waals surface area contributed by atoms with Gasteiger partial charge in [0.05, 0.1) is 32.7 Å². The summed E-state index contributed by atoms with van der Waals surface area (Å²) in [4.78, 5) is 19.6. The lowest BCUT2D eigenvalue weighted by molar-refractivity contribution is -0.902. The smallest absolute Gasteiger partial charge is 0.270 e. The van der Waals surface area contributed by atoms with Gasteiger partial charge in [0.15, 0.2) is 0 Å². The molecule has 2 heterocycles. The number of carbonyl (C=O) groups excluding carboxylic acids is 1. The summed E-state index contributed by atoms with van der Waals surface area (Å²) in [5, 5.41) is 1.12. The molecule has 1 aromatic heterocycles. The number of nitrogens with zero attached hydrogens (tertiary/aromatic N) is 1. The monoisotopic (exact) mass is 350 g/mol. The highest BCUT2D eigenvalue weighted by Gasteiger charge is 2.26. The van der Waals surface area contributed by atoms with Gasteiger partial charge in [-0.15, -0.1) is 0 Å². The Morgan fingerprint density at radius 2 is 2.10 bits per heavy atom. The predicted octanol–water partition coefficient (Wildman–Crippen LogP) is 1.60. The number of rotatable bonds is 2. The van der Waals surface area contributed by atoms with Gasteiger partial charge in [0.1, 0.15) is 5.69 Å². The fraction of sp³-hybridized carbons (Fsp3) is 0.438. The van der Waals surface area contributed by atoms with Gasteiger partial charge in [0.25, 0.3) is 5.91 Å². The third-order valence-corrected chi connectivity index (χ3v) is 4.99. The Hall–Kier alpha value is -1.33. The maximum Gasteiger partial charge on any atom is 0.270 e. The Morgan fingerprint density at radius 3 is 2.76 bits per heavy atom. The van der Waals surface area contributed by atoms with E-state index in [1.165, 1.54) is 0 Å². The largest absolute Gasteiger partial charge is 0.350 e. The summed E-state index contributed by atoms with van der Waals surface area (Å²) in [6.07, 6.45) is 0. The Balaban J connectivity index is 1.87. The van der Waals surface area contributed by atoms with Crippen LogP contribution < -0.4 is 4.90 Å². The second-order valence-electron chi connectivity index (χ2n) is 5.71. The molecule has 0 spiro atoms. The molecular formula is C16H21BrN3O+. The van der Waals surface area contributed by atoms with Gasteiger partial charge in [0.2, 0.25) is 0 Å². The molecule has 1 aliphatic rings. The van der Waals surface area contributed by atoms with E-state index in [2.05, 4.69) is 33.9 Å². The molecule has 0 atom stereocenters. The van der Waals surface area contributed by atoms with Crippen molar-refractivity contribution in [3.8, 4) is 0 Å². The van der Waals surface area contributed by atoms with Crippen molar-refractivity contribution in [2.75, 3.05) is 32.7 Å². The molecule has 1 amide bonds. The van der Waals surface area contributed by atoms with Crippen molar-refractivity contribution in [1.82, 2.24) is 9.88 Å². The van der Waals surface area contributed by atoms with Crippen LogP contribution in [0.25, 0.3) is 10.9 Å². The van der Waals surface area contributed by atoms with Gasteiger partial charge in [-0.2, -0.15) is 0 Å². The molecule has 2 aromatic rings. The second-order valence-corrected chi connectivity index (χ2v) is 6.63. The zero-order valence-corrected chi connectivity index (χ0v) is 14.1. The summed E-state index contributed by atoms with van der Waals surface area (Å²) in [5.41, 5.74) is 2.81. The summed E-state index contributed by atoms with van der Waals surface area (Å²) in [7, 11) is 0. The maximum absolute atomic E-state index is 12.7. The van der Waals surface area contributed by atoms with Crippen LogP contribution in [0.5, 0.6) is 0 Å². The number of piperazine rings is 1. The fourth-order valence-corrected chi connectivity index (χ4v) is 3.41. The Bertz CT molecular complexity index is 671. The summed E-state index contributed by atoms with van der Waals surface area (Å²) >= 11 is 3.49. The van der Waals surface area contributed by atoms with Crippen LogP contribution in [-0.2, 0) is 0 Å². The average molecular weight is 351 g/mol. The summed E-state index contributed by atoms with van der Waals surface area (Å²) in [6, 6.07) is 6.08. The first-order valence-electron chi connectivity index (χ1n) is 7.50. The van der Waals surface area contributed by atoms with Gasteiger partial charge in [0, 0.05) is 15.4 Å². The number of halogens is 1. The van der Waals surface area contributed by atoms with Crippen LogP contribution in [0.2, 0.25) is 0 Å². The van der Waals surface area contributed by atoms with Crippen LogP contribution in [0, 0.1) is 6.92 Å². The molecule has 0 bridgehead atoms. The lowest BCUT2D eigenvalue weighted by Gasteiger charge is -2.31. The van der Waals surface area contributed by atoms with Crippen molar-refractivity contribution in [2.24, 2.45) is 0 Å². The lowest BCUT2D eigenvalue weighted by atomic mass is 10.1. The number of likely N-dealkylation sites (N-methyl/N-ethyl adjacent to an activating group) is 1. The molecule has 3 rings (SSSR count). The molecule has 1 saturated heterocycles. The van der Waals surface area contributed by atoms with Gasteiger partial charge in [-0.3, -0.25) is 4.79 Å². The van der Waals surface area contributed by atoms with Crippen LogP contribution in [0.1, 0.15) is 23.0 Å². The quantitative estimate of drug-likeness (QED) is 0.848. The highest BCUT2D eigenvalue weighted by molar-refractivity contribution is 9.10. The van der Waals surface area contributed by atoms with Crippen LogP contribution in [-0.4, -0.2) is 48.5 Å². The minimum Gasteiger partial charge on any atom is -0.350 e. The Morgan fingerprint density at radius 1 is 1.38 bits per heavy atom. The van der Waals surface area contributed by atoms with E-state index in [9.17, 15) is 4.79 Å². The molecule has 5 heteroatoms. The normalized spacial score (nSPS) is 16.6. The number of nitrogens with one attached hydrogen (secondary N) is 2. The topological polar surface area (TPSA) is 40.5 Å². The van der Waals surface area contributed by atoms with Gasteiger partial charge < -0.3 is 14.8 Å². The van der Waals surface area contributed by atoms with Crippen molar-refractivity contribution in [3.05, 3.63) is 33.9 Å². The van der Waals surface area contributed by atoms with Crippen LogP contribution in [0.15, 0.2) is 22.7 Å². The third kappa shape index (κ3) is 2.72. The molecule has 2 N–H and O–H groups in total. The molecule has 4 nitrogen and oxygen atoms in total. The molecule has 1 aromatic carbocycles. The molecule has 21 heavy (non-hydrogen) atoms. The minimum absolute atomic E-state index is 0.134. The van der Waals surface area contributed by atoms with Crippen LogP contribution >= 0.6 is 15.9 Å². The van der Waals surface area contributed by atoms with Crippen molar-refractivity contribution in [1.29, 1.82) is 0 Å². The highest BCUT2D eigenvalue weighted by Crippen LogP contribution is 2.25. The first-order chi connectivity index (χ1) is 10.1. The zero-order valence-electron chi connectivity index (χ0n) is 12.5. The number of H-pyrrole nitrogens is 1. The number of hydrogen-bond donors (Lipinski definition) is 2. The molecule has 0 unspecified atom stereocenters. The van der Waals surface area contributed by atoms with Crippen molar-refractivity contribution in [2.45, 2.75) is 13.8 Å². The lowest BCUT2D eigenvalue weighted by Crippen LogP contribution is -3.14. The third-order valence-electron chi connectivity index (χ3n) is 4.49. The number of fused-ring (bicyclic) bond motifs is 1. The molecule has 1 aliphatic heterocycles. The van der Waals surface area contributed by atoms with E-state index < -0.39 is 0 Å². The number of carbonyl (C=O) groups is 1. The standard InChI is InChI=1S/C16H20BrN3O/c1-3-19-6-8-20(9-7-19)16(21)15-11(2)13-10-12(17)4-5-14(13)18-15/h4-5,10,18H,3,6-9H2,1-2H3/p+1. The molecule has 0 saturated carbocycles. The number of quaternary nitrogens is 1. The van der Waals surface area contributed by atoms with Crippen LogP contribution in [0.4, 0.5) is 0 Å². The summed E-state index contributed by atoms with van der Waals surface area (Å²) in [5.74, 6) is 0.134. The minimum atomic E-state index is 0.134. The first kappa shape index (κ1) is 14.6. The Labute approximate surface area is 133 Å². The predicted molar refractivity (Wildman–Crippen MR) is 87.9 cm³/mol. The SMILES string of the molecule is CC[NH+]1CCN(C(=O)c2[nH]c3ccc(Br)cc3c2C)CC1. The van der Waals surface area contributed by atoms with E-state index in [1.807, 2.05) is 24.0 Å². The number of aromatic nitrogens is 1. The van der Waals surface area contributed by atoms with Gasteiger partial charge >= 0.3 is 0 Å². The van der Waals surface area contributed by atoms with E-state index >= 15 is 0 Å². The van der Waals surface area contributed by atoms with Crippen molar-refractivity contribution >= 4 is 32.7 Å². The Kier molecular flexibility index (Phi) is 4.04. The van der Waals surface area contributed by atoms with E-state index in [0.717, 1.165) is 59.4 Å². The van der Waals surface area contributed by atoms with Crippen LogP contribution in [0.3, 0.4) is 0 Å². The second kappa shape index (κ2) is 5.81. The van der Waals surface area contributed by atoms with Crippen molar-refractivity contribution < 1.29 is 9.69 Å². The summed E-state index contributed by atoms with van der Waals surface area (Å²) < 4.78 is 1.04. The molecule has 0 aliphatic carbocycles. The van der Waals surface area contributed by atoms with E-state index in [0.29, 0.717) is 0 Å². The van der Waals surface area contributed by atoms with Gasteiger partial charge in [-0.05, 0) is 37.6 Å². The highest BCUT2D eigenvalue weighted by atomic mass is 79.9. The molecular weight excluding hydrogens is 330 g/mol. The number of aromatic amines is 1. The fourth-order valence-electron chi connectivity index (χ4n) is 3.05. The first-order valence-corrected chi connectivity index (χ1v) is 8.30. The zero-order chi connectivity index (χ0) is 15.0. The van der Waals surface area contributed by atoms with Gasteiger partial charge in [-0.1, -0.05) is 15.9 Å². The number of benzene rings is 1. The van der Waals surface area contributed by atoms with Crippen molar-refractivity contribution in [3.63, 3.8) is 0 Å². The molecule has 112 valence electrons. The maximum atomic E-state index is 12.7. The number of amides is 1. The molecule has 0 radical (unpaired) electrons. The van der Waals surface area contributed by atoms with E-state index in [4.69, 9.17) is 0 Å².